The Morgan fingerprint density at radius 1 is 1.30 bits per heavy atom. The third-order valence-corrected chi connectivity index (χ3v) is 4.82. The third-order valence-electron chi connectivity index (χ3n) is 3.36. The molecule has 2 rings (SSSR count). The number of nitrogens with zero attached hydrogens (tertiary/aromatic N) is 1. The molecule has 0 spiro atoms. The number of halogens is 3. The highest BCUT2D eigenvalue weighted by molar-refractivity contribution is 7.89. The average Bonchev–Trinajstić information content (AvgIpc) is 2.49. The second-order valence-corrected chi connectivity index (χ2v) is 6.73. The summed E-state index contributed by atoms with van der Waals surface area (Å²) in [5, 5.41) is 3.18. The van der Waals surface area contributed by atoms with Gasteiger partial charge < -0.3 is 10.1 Å². The molecule has 1 aliphatic heterocycles. The van der Waals surface area contributed by atoms with Crippen molar-refractivity contribution in [2.75, 3.05) is 39.3 Å². The van der Waals surface area contributed by atoms with E-state index >= 15 is 0 Å². The largest absolute Gasteiger partial charge is 0.432 e. The van der Waals surface area contributed by atoms with Crippen LogP contribution in [0.1, 0.15) is 0 Å². The summed E-state index contributed by atoms with van der Waals surface area (Å²) in [7, 11) is -3.90. The average molecular weight is 353 g/mol. The van der Waals surface area contributed by atoms with E-state index in [0.717, 1.165) is 38.3 Å². The Morgan fingerprint density at radius 3 is 2.61 bits per heavy atom. The second-order valence-electron chi connectivity index (χ2n) is 4.96. The molecule has 6 nitrogen and oxygen atoms in total. The van der Waals surface area contributed by atoms with Crippen LogP contribution in [0.5, 0.6) is 5.75 Å². The Balaban J connectivity index is 1.94. The van der Waals surface area contributed by atoms with E-state index in [1.165, 1.54) is 0 Å². The lowest BCUT2D eigenvalue weighted by molar-refractivity contribution is -0.0522. The Labute approximate surface area is 132 Å². The molecule has 0 aliphatic carbocycles. The predicted molar refractivity (Wildman–Crippen MR) is 77.5 cm³/mol. The standard InChI is InChI=1S/C13H18F3N3O3S/c14-11-9-10(1-2-12(11)22-13(15)16)23(20,21)18-5-8-19-6-3-17-4-7-19/h1-2,9,13,17-18H,3-8H2. The molecule has 0 amide bonds. The minimum absolute atomic E-state index is 0.180. The van der Waals surface area contributed by atoms with E-state index in [1.807, 2.05) is 0 Å². The number of ether oxygens (including phenoxy) is 1. The molecule has 0 aromatic heterocycles. The molecule has 0 unspecified atom stereocenters. The minimum Gasteiger partial charge on any atom is -0.432 e. The first kappa shape index (κ1) is 18.0. The monoisotopic (exact) mass is 353 g/mol. The van der Waals surface area contributed by atoms with Crippen LogP contribution >= 0.6 is 0 Å². The van der Waals surface area contributed by atoms with Crippen LogP contribution in [0.3, 0.4) is 0 Å². The summed E-state index contributed by atoms with van der Waals surface area (Å²) in [6, 6.07) is 2.55. The molecule has 10 heteroatoms. The summed E-state index contributed by atoms with van der Waals surface area (Å²) in [6.07, 6.45) is 0. The number of sulfonamides is 1. The first-order valence-corrected chi connectivity index (χ1v) is 8.54. The van der Waals surface area contributed by atoms with Crippen LogP contribution in [-0.4, -0.2) is 59.2 Å². The van der Waals surface area contributed by atoms with Gasteiger partial charge in [-0.2, -0.15) is 8.78 Å². The van der Waals surface area contributed by atoms with Crippen LogP contribution < -0.4 is 14.8 Å². The summed E-state index contributed by atoms with van der Waals surface area (Å²) in [5.74, 6) is -1.85. The highest BCUT2D eigenvalue weighted by atomic mass is 32.2. The van der Waals surface area contributed by atoms with Crippen LogP contribution in [-0.2, 0) is 10.0 Å². The Morgan fingerprint density at radius 2 is 2.00 bits per heavy atom. The highest BCUT2D eigenvalue weighted by Crippen LogP contribution is 2.22. The van der Waals surface area contributed by atoms with Crippen molar-refractivity contribution in [1.29, 1.82) is 0 Å². The normalized spacial score (nSPS) is 16.7. The van der Waals surface area contributed by atoms with Gasteiger partial charge in [-0.1, -0.05) is 0 Å². The molecular formula is C13H18F3N3O3S. The molecule has 2 N–H and O–H groups in total. The van der Waals surface area contributed by atoms with Gasteiger partial charge in [0.1, 0.15) is 0 Å². The van der Waals surface area contributed by atoms with Gasteiger partial charge in [0.05, 0.1) is 4.90 Å². The molecule has 1 aromatic rings. The summed E-state index contributed by atoms with van der Waals surface area (Å²) in [4.78, 5) is 1.76. The molecular weight excluding hydrogens is 335 g/mol. The lowest BCUT2D eigenvalue weighted by Crippen LogP contribution is -2.46. The zero-order valence-electron chi connectivity index (χ0n) is 12.3. The van der Waals surface area contributed by atoms with Crippen LogP contribution in [0, 0.1) is 5.82 Å². The van der Waals surface area contributed by atoms with Crippen LogP contribution in [0.15, 0.2) is 23.1 Å². The van der Waals surface area contributed by atoms with Gasteiger partial charge in [0.25, 0.3) is 0 Å². The number of piperazine rings is 1. The van der Waals surface area contributed by atoms with Gasteiger partial charge in [0.2, 0.25) is 10.0 Å². The van der Waals surface area contributed by atoms with Crippen molar-refractivity contribution in [3.63, 3.8) is 0 Å². The fraction of sp³-hybridized carbons (Fsp3) is 0.538. The van der Waals surface area contributed by atoms with E-state index in [0.29, 0.717) is 12.6 Å². The number of alkyl halides is 2. The van der Waals surface area contributed by atoms with Crippen molar-refractivity contribution >= 4 is 10.0 Å². The summed E-state index contributed by atoms with van der Waals surface area (Å²) in [5.41, 5.74) is 0. The van der Waals surface area contributed by atoms with E-state index in [2.05, 4.69) is 19.7 Å². The van der Waals surface area contributed by atoms with E-state index in [1.54, 1.807) is 0 Å². The van der Waals surface area contributed by atoms with Crippen molar-refractivity contribution < 1.29 is 26.3 Å². The van der Waals surface area contributed by atoms with Gasteiger partial charge in [-0.3, -0.25) is 4.90 Å². The topological polar surface area (TPSA) is 70.7 Å². The van der Waals surface area contributed by atoms with E-state index in [9.17, 15) is 21.6 Å². The van der Waals surface area contributed by atoms with Crippen molar-refractivity contribution in [3.8, 4) is 5.75 Å². The van der Waals surface area contributed by atoms with Gasteiger partial charge in [0, 0.05) is 39.3 Å². The van der Waals surface area contributed by atoms with Gasteiger partial charge in [-0.05, 0) is 18.2 Å². The quantitative estimate of drug-likeness (QED) is 0.752. The van der Waals surface area contributed by atoms with Crippen molar-refractivity contribution in [2.24, 2.45) is 0 Å². The van der Waals surface area contributed by atoms with Crippen molar-refractivity contribution in [1.82, 2.24) is 14.9 Å². The maximum absolute atomic E-state index is 13.6. The molecule has 0 atom stereocenters. The van der Waals surface area contributed by atoms with Gasteiger partial charge in [0.15, 0.2) is 11.6 Å². The van der Waals surface area contributed by atoms with E-state index < -0.39 is 28.2 Å². The number of nitrogens with one attached hydrogen (secondary N) is 2. The van der Waals surface area contributed by atoms with Crippen LogP contribution in [0.2, 0.25) is 0 Å². The third kappa shape index (κ3) is 5.34. The Hall–Kier alpha value is -1.36. The maximum Gasteiger partial charge on any atom is 0.387 e. The first-order chi connectivity index (χ1) is 10.9. The summed E-state index contributed by atoms with van der Waals surface area (Å²) in [6.45, 7) is 0.901. The maximum atomic E-state index is 13.6. The van der Waals surface area contributed by atoms with Gasteiger partial charge in [-0.25, -0.2) is 17.5 Å². The smallest absolute Gasteiger partial charge is 0.387 e. The fourth-order valence-corrected chi connectivity index (χ4v) is 3.23. The van der Waals surface area contributed by atoms with E-state index in [4.69, 9.17) is 0 Å². The Bertz CT molecular complexity index is 622. The zero-order chi connectivity index (χ0) is 16.9. The molecule has 130 valence electrons. The molecule has 23 heavy (non-hydrogen) atoms. The highest BCUT2D eigenvalue weighted by Gasteiger charge is 2.18. The summed E-state index contributed by atoms with van der Waals surface area (Å²) < 4.78 is 68.1. The van der Waals surface area contributed by atoms with Crippen LogP contribution in [0.25, 0.3) is 0 Å². The molecule has 0 radical (unpaired) electrons. The molecule has 1 fully saturated rings. The number of benzene rings is 1. The molecule has 1 saturated heterocycles. The van der Waals surface area contributed by atoms with Gasteiger partial charge >= 0.3 is 6.61 Å². The SMILES string of the molecule is O=S(=O)(NCCN1CCNCC1)c1ccc(OC(F)F)c(F)c1. The molecule has 1 aliphatic rings. The minimum atomic E-state index is -3.90. The van der Waals surface area contributed by atoms with Crippen LogP contribution in [0.4, 0.5) is 13.2 Å². The Kier molecular flexibility index (Phi) is 6.22. The zero-order valence-corrected chi connectivity index (χ0v) is 13.1. The first-order valence-electron chi connectivity index (χ1n) is 7.05. The van der Waals surface area contributed by atoms with Crippen molar-refractivity contribution in [3.05, 3.63) is 24.0 Å². The predicted octanol–water partition coefficient (Wildman–Crippen LogP) is 0.611. The molecule has 0 bridgehead atoms. The molecule has 1 heterocycles. The van der Waals surface area contributed by atoms with Gasteiger partial charge in [-0.15, -0.1) is 0 Å². The lowest BCUT2D eigenvalue weighted by atomic mass is 10.3. The molecule has 0 saturated carbocycles. The number of hydrogen-bond donors (Lipinski definition) is 2. The fourth-order valence-electron chi connectivity index (χ4n) is 2.20. The number of rotatable bonds is 7. The number of hydrogen-bond acceptors (Lipinski definition) is 5. The van der Waals surface area contributed by atoms with Crippen molar-refractivity contribution in [2.45, 2.75) is 11.5 Å². The molecule has 1 aromatic carbocycles. The second kappa shape index (κ2) is 7.95. The summed E-state index contributed by atoms with van der Waals surface area (Å²) >= 11 is 0. The van der Waals surface area contributed by atoms with E-state index in [-0.39, 0.29) is 11.4 Å². The lowest BCUT2D eigenvalue weighted by Gasteiger charge is -2.27.